The lowest BCUT2D eigenvalue weighted by atomic mass is 9.92. The van der Waals surface area contributed by atoms with Crippen molar-refractivity contribution in [3.63, 3.8) is 0 Å². The highest BCUT2D eigenvalue weighted by atomic mass is 15.3. The predicted octanol–water partition coefficient (Wildman–Crippen LogP) is 1.70. The number of hydrazine groups is 1. The van der Waals surface area contributed by atoms with Crippen molar-refractivity contribution in [1.82, 2.24) is 9.97 Å². The van der Waals surface area contributed by atoms with Crippen molar-refractivity contribution >= 4 is 11.8 Å². The van der Waals surface area contributed by atoms with Crippen LogP contribution >= 0.6 is 0 Å². The van der Waals surface area contributed by atoms with Crippen LogP contribution < -0.4 is 16.2 Å². The molecule has 2 heterocycles. The highest BCUT2D eigenvalue weighted by molar-refractivity contribution is 5.45. The Hall–Kier alpha value is -1.36. The summed E-state index contributed by atoms with van der Waals surface area (Å²) < 4.78 is 0. The molecule has 1 aliphatic heterocycles. The number of nitrogen functional groups attached to an aromatic ring is 1. The molecule has 2 rings (SSSR count). The molecule has 1 aliphatic rings. The van der Waals surface area contributed by atoms with E-state index in [1.807, 2.05) is 13.0 Å². The van der Waals surface area contributed by atoms with Gasteiger partial charge < -0.3 is 4.90 Å². The minimum absolute atomic E-state index is 0.491. The van der Waals surface area contributed by atoms with E-state index in [4.69, 9.17) is 5.84 Å². The Balaban J connectivity index is 2.29. The third-order valence-electron chi connectivity index (χ3n) is 3.64. The Morgan fingerprint density at radius 2 is 2.18 bits per heavy atom. The van der Waals surface area contributed by atoms with Gasteiger partial charge in [-0.05, 0) is 32.6 Å². The molecular formula is C12H21N5. The van der Waals surface area contributed by atoms with Crippen LogP contribution in [0.5, 0.6) is 0 Å². The standard InChI is InChI=1S/C12H21N5/c1-8-5-4-6-17(10(8)3)11-7-9(2)14-12(15-11)16-13/h7-8,10H,4-6,13H2,1-3H3,(H,14,15,16). The van der Waals surface area contributed by atoms with Crippen molar-refractivity contribution < 1.29 is 0 Å². The number of anilines is 2. The van der Waals surface area contributed by atoms with Gasteiger partial charge in [-0.15, -0.1) is 0 Å². The van der Waals surface area contributed by atoms with Crippen molar-refractivity contribution in [3.05, 3.63) is 11.8 Å². The second-order valence-corrected chi connectivity index (χ2v) is 4.89. The van der Waals surface area contributed by atoms with Crippen molar-refractivity contribution in [2.45, 2.75) is 39.7 Å². The first-order valence-electron chi connectivity index (χ1n) is 6.20. The fourth-order valence-corrected chi connectivity index (χ4v) is 2.42. The average molecular weight is 235 g/mol. The van der Waals surface area contributed by atoms with Crippen LogP contribution in [-0.2, 0) is 0 Å². The Morgan fingerprint density at radius 1 is 1.41 bits per heavy atom. The van der Waals surface area contributed by atoms with Crippen LogP contribution in [0.15, 0.2) is 6.07 Å². The quantitative estimate of drug-likeness (QED) is 0.603. The van der Waals surface area contributed by atoms with Gasteiger partial charge in [-0.25, -0.2) is 10.8 Å². The first-order valence-corrected chi connectivity index (χ1v) is 6.20. The smallest absolute Gasteiger partial charge is 0.239 e. The predicted molar refractivity (Wildman–Crippen MR) is 69.8 cm³/mol. The summed E-state index contributed by atoms with van der Waals surface area (Å²) >= 11 is 0. The molecule has 0 spiro atoms. The lowest BCUT2D eigenvalue weighted by Gasteiger charge is -2.38. The number of rotatable bonds is 2. The first kappa shape index (κ1) is 12.1. The van der Waals surface area contributed by atoms with E-state index in [1.165, 1.54) is 12.8 Å². The van der Waals surface area contributed by atoms with Gasteiger partial charge >= 0.3 is 0 Å². The van der Waals surface area contributed by atoms with Gasteiger partial charge in [0, 0.05) is 24.3 Å². The van der Waals surface area contributed by atoms with Crippen molar-refractivity contribution in [2.75, 3.05) is 16.9 Å². The minimum atomic E-state index is 0.491. The maximum atomic E-state index is 5.39. The summed E-state index contributed by atoms with van der Waals surface area (Å²) in [5.41, 5.74) is 3.46. The molecule has 5 nitrogen and oxygen atoms in total. The molecule has 94 valence electrons. The molecule has 5 heteroatoms. The van der Waals surface area contributed by atoms with Gasteiger partial charge in [0.1, 0.15) is 5.82 Å². The first-order chi connectivity index (χ1) is 8.11. The number of hydrogen-bond acceptors (Lipinski definition) is 5. The van der Waals surface area contributed by atoms with Crippen LogP contribution in [0.25, 0.3) is 0 Å². The van der Waals surface area contributed by atoms with E-state index in [9.17, 15) is 0 Å². The fourth-order valence-electron chi connectivity index (χ4n) is 2.42. The zero-order valence-electron chi connectivity index (χ0n) is 10.8. The molecule has 1 aromatic rings. The van der Waals surface area contributed by atoms with Gasteiger partial charge in [-0.3, -0.25) is 5.43 Å². The van der Waals surface area contributed by atoms with E-state index in [-0.39, 0.29) is 0 Å². The molecule has 0 bridgehead atoms. The molecule has 0 amide bonds. The molecule has 3 N–H and O–H groups in total. The molecule has 17 heavy (non-hydrogen) atoms. The van der Waals surface area contributed by atoms with Crippen LogP contribution in [-0.4, -0.2) is 22.6 Å². The van der Waals surface area contributed by atoms with E-state index < -0.39 is 0 Å². The maximum absolute atomic E-state index is 5.39. The molecule has 0 aliphatic carbocycles. The van der Waals surface area contributed by atoms with Crippen LogP contribution in [0.1, 0.15) is 32.4 Å². The summed E-state index contributed by atoms with van der Waals surface area (Å²) in [6, 6.07) is 2.54. The minimum Gasteiger partial charge on any atom is -0.353 e. The summed E-state index contributed by atoms with van der Waals surface area (Å²) in [7, 11) is 0. The normalized spacial score (nSPS) is 24.8. The van der Waals surface area contributed by atoms with Crippen molar-refractivity contribution in [3.8, 4) is 0 Å². The summed E-state index contributed by atoms with van der Waals surface area (Å²) in [6.07, 6.45) is 2.52. The number of nitrogens with zero attached hydrogens (tertiary/aromatic N) is 3. The van der Waals surface area contributed by atoms with E-state index in [0.29, 0.717) is 17.9 Å². The zero-order valence-corrected chi connectivity index (χ0v) is 10.8. The Bertz CT molecular complexity index is 392. The summed E-state index contributed by atoms with van der Waals surface area (Å²) in [5, 5.41) is 0. The highest BCUT2D eigenvalue weighted by Gasteiger charge is 2.26. The van der Waals surface area contributed by atoms with Gasteiger partial charge in [-0.1, -0.05) is 6.92 Å². The van der Waals surface area contributed by atoms with E-state index in [2.05, 4.69) is 34.1 Å². The number of aromatic nitrogens is 2. The van der Waals surface area contributed by atoms with Crippen molar-refractivity contribution in [1.29, 1.82) is 0 Å². The lowest BCUT2D eigenvalue weighted by molar-refractivity contribution is 0.361. The van der Waals surface area contributed by atoms with Gasteiger partial charge in [0.05, 0.1) is 0 Å². The second-order valence-electron chi connectivity index (χ2n) is 4.89. The number of nitrogens with one attached hydrogen (secondary N) is 1. The van der Waals surface area contributed by atoms with Crippen LogP contribution in [0, 0.1) is 12.8 Å². The largest absolute Gasteiger partial charge is 0.353 e. The Morgan fingerprint density at radius 3 is 2.88 bits per heavy atom. The van der Waals surface area contributed by atoms with Gasteiger partial charge in [0.25, 0.3) is 0 Å². The molecule has 1 saturated heterocycles. The van der Waals surface area contributed by atoms with Crippen LogP contribution in [0.4, 0.5) is 11.8 Å². The molecule has 0 aromatic carbocycles. The number of hydrogen-bond donors (Lipinski definition) is 2. The van der Waals surface area contributed by atoms with Crippen LogP contribution in [0.2, 0.25) is 0 Å². The molecule has 2 atom stereocenters. The fraction of sp³-hybridized carbons (Fsp3) is 0.667. The molecule has 1 aromatic heterocycles. The third kappa shape index (κ3) is 2.49. The summed E-state index contributed by atoms with van der Waals surface area (Å²) in [4.78, 5) is 11.0. The lowest BCUT2D eigenvalue weighted by Crippen LogP contribution is -2.43. The SMILES string of the molecule is Cc1cc(N2CCCC(C)C2C)nc(NN)n1. The van der Waals surface area contributed by atoms with Gasteiger partial charge in [-0.2, -0.15) is 4.98 Å². The van der Waals surface area contributed by atoms with Crippen LogP contribution in [0.3, 0.4) is 0 Å². The number of piperidine rings is 1. The summed E-state index contributed by atoms with van der Waals surface area (Å²) in [6.45, 7) is 7.58. The molecular weight excluding hydrogens is 214 g/mol. The second kappa shape index (κ2) is 4.87. The monoisotopic (exact) mass is 235 g/mol. The molecule has 0 radical (unpaired) electrons. The van der Waals surface area contributed by atoms with E-state index in [1.54, 1.807) is 0 Å². The van der Waals surface area contributed by atoms with Crippen molar-refractivity contribution in [2.24, 2.45) is 11.8 Å². The third-order valence-corrected chi connectivity index (χ3v) is 3.64. The average Bonchev–Trinajstić information content (AvgIpc) is 2.31. The molecule has 0 saturated carbocycles. The van der Waals surface area contributed by atoms with Gasteiger partial charge in [0.2, 0.25) is 5.95 Å². The van der Waals surface area contributed by atoms with Gasteiger partial charge in [0.15, 0.2) is 0 Å². The zero-order chi connectivity index (χ0) is 12.4. The topological polar surface area (TPSA) is 67.1 Å². The molecule has 1 fully saturated rings. The van der Waals surface area contributed by atoms with E-state index in [0.717, 1.165) is 18.1 Å². The summed E-state index contributed by atoms with van der Waals surface area (Å²) in [5.74, 6) is 7.56. The Labute approximate surface area is 102 Å². The maximum Gasteiger partial charge on any atom is 0.239 e. The van der Waals surface area contributed by atoms with E-state index >= 15 is 0 Å². The highest BCUT2D eigenvalue weighted by Crippen LogP contribution is 2.27. The molecule has 2 unspecified atom stereocenters. The number of aryl methyl sites for hydroxylation is 1. The number of nitrogens with two attached hydrogens (primary N) is 1. The Kier molecular flexibility index (Phi) is 3.47.